The normalized spacial score (nSPS) is 9.00. The molecule has 2 N–H and O–H groups in total. The van der Waals surface area contributed by atoms with Crippen LogP contribution in [0.2, 0.25) is 0 Å². The Balaban J connectivity index is 3.35. The summed E-state index contributed by atoms with van der Waals surface area (Å²) in [5, 5.41) is 0. The summed E-state index contributed by atoms with van der Waals surface area (Å²) in [7, 11) is 2.99. The van der Waals surface area contributed by atoms with Crippen molar-refractivity contribution in [3.05, 3.63) is 17.7 Å². The van der Waals surface area contributed by atoms with E-state index < -0.39 is 0 Å². The standard InChI is InChI=1S/C10H11NO3/c1-13-8-4-3-7(5-6-12)10(14-2)9(8)11/h3-5H,11H2,1-2H3. The second-order valence-corrected chi connectivity index (χ2v) is 2.57. The fraction of sp³-hybridized carbons (Fsp3) is 0.200. The minimum Gasteiger partial charge on any atom is -0.494 e. The van der Waals surface area contributed by atoms with E-state index >= 15 is 0 Å². The smallest absolute Gasteiger partial charge is 0.153 e. The molecule has 0 amide bonds. The maximum absolute atomic E-state index is 10.2. The highest BCUT2D eigenvalue weighted by Crippen LogP contribution is 2.34. The molecule has 0 spiro atoms. The van der Waals surface area contributed by atoms with E-state index in [1.54, 1.807) is 18.1 Å². The quantitative estimate of drug-likeness (QED) is 0.577. The van der Waals surface area contributed by atoms with Crippen molar-refractivity contribution in [2.45, 2.75) is 0 Å². The summed E-state index contributed by atoms with van der Waals surface area (Å²) in [5.41, 5.74) is 6.69. The van der Waals surface area contributed by atoms with Crippen molar-refractivity contribution >= 4 is 17.7 Å². The number of nitrogens with two attached hydrogens (primary N) is 1. The Bertz CT molecular complexity index is 381. The second-order valence-electron chi connectivity index (χ2n) is 2.57. The molecule has 4 heteroatoms. The number of carbonyl (C=O) groups excluding carboxylic acids is 1. The van der Waals surface area contributed by atoms with E-state index in [9.17, 15) is 4.79 Å². The number of ether oxygens (including phenoxy) is 2. The molecule has 0 atom stereocenters. The van der Waals surface area contributed by atoms with Crippen LogP contribution in [-0.2, 0) is 4.79 Å². The third kappa shape index (κ3) is 1.70. The van der Waals surface area contributed by atoms with Crippen molar-refractivity contribution in [1.29, 1.82) is 0 Å². The molecule has 1 rings (SSSR count). The minimum absolute atomic E-state index is 0.374. The van der Waals surface area contributed by atoms with Gasteiger partial charge in [0.15, 0.2) is 5.75 Å². The third-order valence-electron chi connectivity index (χ3n) is 1.83. The molecule has 1 aromatic carbocycles. The lowest BCUT2D eigenvalue weighted by molar-refractivity contribution is 0.398. The Morgan fingerprint density at radius 2 is 2.07 bits per heavy atom. The second kappa shape index (κ2) is 4.35. The lowest BCUT2D eigenvalue weighted by atomic mass is 10.1. The van der Waals surface area contributed by atoms with Crippen molar-refractivity contribution in [3.63, 3.8) is 0 Å². The fourth-order valence-corrected chi connectivity index (χ4v) is 1.18. The number of nitrogen functional groups attached to an aromatic ring is 1. The van der Waals surface area contributed by atoms with Gasteiger partial charge in [-0.25, -0.2) is 4.79 Å². The zero-order valence-corrected chi connectivity index (χ0v) is 8.03. The molecular formula is C10H11NO3. The van der Waals surface area contributed by atoms with Crippen LogP contribution < -0.4 is 15.2 Å². The van der Waals surface area contributed by atoms with Crippen molar-refractivity contribution in [3.8, 4) is 11.5 Å². The van der Waals surface area contributed by atoms with Crippen LogP contribution in [-0.4, -0.2) is 20.2 Å². The zero-order valence-electron chi connectivity index (χ0n) is 8.03. The van der Waals surface area contributed by atoms with Gasteiger partial charge in [0.25, 0.3) is 0 Å². The monoisotopic (exact) mass is 193 g/mol. The van der Waals surface area contributed by atoms with Crippen molar-refractivity contribution in [2.75, 3.05) is 20.0 Å². The molecule has 0 bridgehead atoms. The van der Waals surface area contributed by atoms with Crippen LogP contribution >= 0.6 is 0 Å². The molecule has 0 radical (unpaired) electrons. The van der Waals surface area contributed by atoms with Gasteiger partial charge in [-0.3, -0.25) is 0 Å². The molecule has 0 fully saturated rings. The topological polar surface area (TPSA) is 61.5 Å². The molecule has 0 aliphatic carbocycles. The first-order valence-electron chi connectivity index (χ1n) is 3.96. The maximum atomic E-state index is 10.2. The van der Waals surface area contributed by atoms with Crippen molar-refractivity contribution < 1.29 is 14.3 Å². The van der Waals surface area contributed by atoms with E-state index in [4.69, 9.17) is 15.2 Å². The minimum atomic E-state index is 0.374. The predicted octanol–water partition coefficient (Wildman–Crippen LogP) is 1.13. The average Bonchev–Trinajstić information content (AvgIpc) is 2.19. The molecule has 4 nitrogen and oxygen atoms in total. The fourth-order valence-electron chi connectivity index (χ4n) is 1.18. The molecular weight excluding hydrogens is 182 g/mol. The Morgan fingerprint density at radius 1 is 1.36 bits per heavy atom. The summed E-state index contributed by atoms with van der Waals surface area (Å²) >= 11 is 0. The van der Waals surface area contributed by atoms with Gasteiger partial charge in [-0.2, -0.15) is 0 Å². The largest absolute Gasteiger partial charge is 0.494 e. The summed E-state index contributed by atoms with van der Waals surface area (Å²) < 4.78 is 10.1. The van der Waals surface area contributed by atoms with Gasteiger partial charge in [0.2, 0.25) is 0 Å². The van der Waals surface area contributed by atoms with Crippen LogP contribution in [0.25, 0.3) is 6.08 Å². The van der Waals surface area contributed by atoms with Gasteiger partial charge < -0.3 is 15.2 Å². The number of hydrogen-bond donors (Lipinski definition) is 1. The average molecular weight is 193 g/mol. The summed E-state index contributed by atoms with van der Waals surface area (Å²) in [6, 6.07) is 3.35. The molecule has 0 aliphatic rings. The van der Waals surface area contributed by atoms with Gasteiger partial charge >= 0.3 is 0 Å². The Kier molecular flexibility index (Phi) is 3.15. The van der Waals surface area contributed by atoms with Gasteiger partial charge in [-0.15, -0.1) is 0 Å². The van der Waals surface area contributed by atoms with Crippen molar-refractivity contribution in [2.24, 2.45) is 0 Å². The Morgan fingerprint density at radius 3 is 2.57 bits per heavy atom. The molecule has 0 aromatic heterocycles. The summed E-state index contributed by atoms with van der Waals surface area (Å²) in [4.78, 5) is 10.2. The van der Waals surface area contributed by atoms with Crippen LogP contribution in [0, 0.1) is 0 Å². The van der Waals surface area contributed by atoms with E-state index in [1.807, 2.05) is 0 Å². The highest BCUT2D eigenvalue weighted by molar-refractivity contribution is 5.82. The molecule has 14 heavy (non-hydrogen) atoms. The van der Waals surface area contributed by atoms with Crippen LogP contribution in [0.15, 0.2) is 12.1 Å². The Labute approximate surface area is 81.9 Å². The van der Waals surface area contributed by atoms with E-state index in [-0.39, 0.29) is 0 Å². The first-order chi connectivity index (χ1) is 6.74. The summed E-state index contributed by atoms with van der Waals surface area (Å²) in [5.74, 6) is 2.61. The van der Waals surface area contributed by atoms with Crippen LogP contribution in [0.3, 0.4) is 0 Å². The number of rotatable bonds is 3. The maximum Gasteiger partial charge on any atom is 0.153 e. The van der Waals surface area contributed by atoms with Crippen LogP contribution in [0.5, 0.6) is 11.5 Å². The van der Waals surface area contributed by atoms with E-state index in [0.29, 0.717) is 22.7 Å². The Hall–Kier alpha value is -1.93. The lowest BCUT2D eigenvalue weighted by Crippen LogP contribution is -1.98. The number of hydrogen-bond acceptors (Lipinski definition) is 4. The molecule has 0 saturated carbocycles. The van der Waals surface area contributed by atoms with Crippen molar-refractivity contribution in [1.82, 2.24) is 0 Å². The molecule has 0 saturated heterocycles. The summed E-state index contributed by atoms with van der Waals surface area (Å²) in [6.45, 7) is 0. The number of methoxy groups -OCH3 is 2. The third-order valence-corrected chi connectivity index (χ3v) is 1.83. The number of benzene rings is 1. The first-order valence-corrected chi connectivity index (χ1v) is 3.96. The zero-order chi connectivity index (χ0) is 10.6. The predicted molar refractivity (Wildman–Crippen MR) is 54.1 cm³/mol. The lowest BCUT2D eigenvalue weighted by Gasteiger charge is -2.10. The van der Waals surface area contributed by atoms with E-state index in [2.05, 4.69) is 0 Å². The van der Waals surface area contributed by atoms with Crippen LogP contribution in [0.1, 0.15) is 5.56 Å². The SMILES string of the molecule is COc1ccc(C=C=O)c(OC)c1N. The molecule has 1 aromatic rings. The van der Waals surface area contributed by atoms with E-state index in [1.165, 1.54) is 20.3 Å². The van der Waals surface area contributed by atoms with E-state index in [0.717, 1.165) is 0 Å². The van der Waals surface area contributed by atoms with Gasteiger partial charge in [-0.05, 0) is 12.1 Å². The molecule has 0 aliphatic heterocycles. The number of anilines is 1. The van der Waals surface area contributed by atoms with Crippen LogP contribution in [0.4, 0.5) is 5.69 Å². The highest BCUT2D eigenvalue weighted by atomic mass is 16.5. The first kappa shape index (κ1) is 10.2. The summed E-state index contributed by atoms with van der Waals surface area (Å²) in [6.07, 6.45) is 1.26. The highest BCUT2D eigenvalue weighted by Gasteiger charge is 2.09. The van der Waals surface area contributed by atoms with Gasteiger partial charge in [0.1, 0.15) is 17.4 Å². The van der Waals surface area contributed by atoms with Gasteiger partial charge in [0, 0.05) is 11.6 Å². The molecule has 74 valence electrons. The van der Waals surface area contributed by atoms with Gasteiger partial charge in [-0.1, -0.05) is 0 Å². The van der Waals surface area contributed by atoms with Gasteiger partial charge in [0.05, 0.1) is 14.2 Å². The molecule has 0 unspecified atom stereocenters. The molecule has 0 heterocycles.